The Bertz CT molecular complexity index is 174. The lowest BCUT2D eigenvalue weighted by Gasteiger charge is -2.04. The van der Waals surface area contributed by atoms with E-state index < -0.39 is 0 Å². The zero-order chi connectivity index (χ0) is 10.1. The van der Waals surface area contributed by atoms with Crippen LogP contribution in [0.25, 0.3) is 0 Å². The lowest BCUT2D eigenvalue weighted by Crippen LogP contribution is -2.36. The predicted molar refractivity (Wildman–Crippen MR) is 54.8 cm³/mol. The fraction of sp³-hybridized carbons (Fsp3) is 0.750. The van der Waals surface area contributed by atoms with Crippen molar-refractivity contribution in [2.75, 3.05) is 18.8 Å². The van der Waals surface area contributed by atoms with Gasteiger partial charge in [0, 0.05) is 13.5 Å². The number of amides is 2. The number of thiol groups is 1. The van der Waals surface area contributed by atoms with Gasteiger partial charge in [-0.2, -0.15) is 12.6 Å². The molecule has 5 heteroatoms. The minimum absolute atomic E-state index is 0.0657. The number of carbonyl (C=O) groups excluding carboxylic acids is 2. The first kappa shape index (κ1) is 12.3. The first-order chi connectivity index (χ1) is 6.16. The van der Waals surface area contributed by atoms with Crippen LogP contribution in [0.1, 0.15) is 19.8 Å². The first-order valence-corrected chi connectivity index (χ1v) is 4.92. The standard InChI is InChI=1S/C8H16N2O2S/c1-7(11)10-6-8(12)9-4-2-3-5-13/h13H,2-6H2,1H3,(H,9,12)(H,10,11). The molecule has 0 aromatic heterocycles. The molecule has 0 saturated carbocycles. The highest BCUT2D eigenvalue weighted by molar-refractivity contribution is 7.80. The summed E-state index contributed by atoms with van der Waals surface area (Å²) in [4.78, 5) is 21.4. The van der Waals surface area contributed by atoms with Crippen LogP contribution in [0, 0.1) is 0 Å². The summed E-state index contributed by atoms with van der Waals surface area (Å²) in [5.41, 5.74) is 0. The number of carbonyl (C=O) groups is 2. The van der Waals surface area contributed by atoms with Crippen molar-refractivity contribution in [3.63, 3.8) is 0 Å². The summed E-state index contributed by atoms with van der Waals surface area (Å²) in [5, 5.41) is 5.11. The number of hydrogen-bond acceptors (Lipinski definition) is 3. The van der Waals surface area contributed by atoms with Gasteiger partial charge in [-0.1, -0.05) is 0 Å². The van der Waals surface area contributed by atoms with Gasteiger partial charge in [-0.25, -0.2) is 0 Å². The molecular weight excluding hydrogens is 188 g/mol. The highest BCUT2D eigenvalue weighted by Crippen LogP contribution is 1.88. The Morgan fingerprint density at radius 2 is 1.92 bits per heavy atom. The van der Waals surface area contributed by atoms with Gasteiger partial charge in [0.2, 0.25) is 11.8 Å². The zero-order valence-electron chi connectivity index (χ0n) is 7.80. The van der Waals surface area contributed by atoms with Gasteiger partial charge in [0.1, 0.15) is 0 Å². The van der Waals surface area contributed by atoms with Crippen LogP contribution in [0.5, 0.6) is 0 Å². The molecule has 0 heterocycles. The summed E-state index contributed by atoms with van der Waals surface area (Å²) in [7, 11) is 0. The molecule has 0 bridgehead atoms. The van der Waals surface area contributed by atoms with E-state index in [1.807, 2.05) is 0 Å². The Kier molecular flexibility index (Phi) is 7.48. The van der Waals surface area contributed by atoms with E-state index in [4.69, 9.17) is 0 Å². The fourth-order valence-corrected chi connectivity index (χ4v) is 0.955. The number of hydrogen-bond donors (Lipinski definition) is 3. The van der Waals surface area contributed by atoms with Gasteiger partial charge in [0.05, 0.1) is 6.54 Å². The molecule has 0 aliphatic carbocycles. The van der Waals surface area contributed by atoms with Crippen LogP contribution in [0.3, 0.4) is 0 Å². The van der Waals surface area contributed by atoms with Gasteiger partial charge in [-0.05, 0) is 18.6 Å². The summed E-state index contributed by atoms with van der Waals surface area (Å²) in [6.45, 7) is 2.10. The molecule has 0 atom stereocenters. The molecule has 4 nitrogen and oxygen atoms in total. The molecule has 0 aromatic rings. The second-order valence-electron chi connectivity index (χ2n) is 2.69. The van der Waals surface area contributed by atoms with E-state index in [0.717, 1.165) is 18.6 Å². The molecule has 0 aromatic carbocycles. The van der Waals surface area contributed by atoms with Gasteiger partial charge in [0.25, 0.3) is 0 Å². The van der Waals surface area contributed by atoms with Crippen molar-refractivity contribution < 1.29 is 9.59 Å². The van der Waals surface area contributed by atoms with Crippen molar-refractivity contribution in [2.24, 2.45) is 0 Å². The van der Waals surface area contributed by atoms with Crippen LogP contribution in [0.15, 0.2) is 0 Å². The van der Waals surface area contributed by atoms with E-state index in [2.05, 4.69) is 23.3 Å². The highest BCUT2D eigenvalue weighted by Gasteiger charge is 1.99. The number of nitrogens with one attached hydrogen (secondary N) is 2. The molecule has 2 N–H and O–H groups in total. The van der Waals surface area contributed by atoms with Crippen LogP contribution >= 0.6 is 12.6 Å². The average Bonchev–Trinajstić information content (AvgIpc) is 2.09. The predicted octanol–water partition coefficient (Wildman–Crippen LogP) is -0.0513. The Balaban J connectivity index is 3.25. The van der Waals surface area contributed by atoms with Crippen LogP contribution in [0.2, 0.25) is 0 Å². The third-order valence-corrected chi connectivity index (χ3v) is 1.72. The Hall–Kier alpha value is -0.710. The lowest BCUT2D eigenvalue weighted by atomic mass is 10.3. The molecular formula is C8H16N2O2S. The van der Waals surface area contributed by atoms with Crippen molar-refractivity contribution in [1.29, 1.82) is 0 Å². The maximum atomic E-state index is 11.0. The largest absolute Gasteiger partial charge is 0.355 e. The molecule has 0 saturated heterocycles. The molecule has 0 radical (unpaired) electrons. The zero-order valence-corrected chi connectivity index (χ0v) is 8.69. The minimum Gasteiger partial charge on any atom is -0.355 e. The lowest BCUT2D eigenvalue weighted by molar-refractivity contribution is -0.125. The van der Waals surface area contributed by atoms with Gasteiger partial charge in [0.15, 0.2) is 0 Å². The molecule has 0 rings (SSSR count). The monoisotopic (exact) mass is 204 g/mol. The topological polar surface area (TPSA) is 58.2 Å². The van der Waals surface area contributed by atoms with Crippen LogP contribution in [0.4, 0.5) is 0 Å². The molecule has 0 fully saturated rings. The van der Waals surface area contributed by atoms with E-state index in [0.29, 0.717) is 6.54 Å². The van der Waals surface area contributed by atoms with E-state index in [9.17, 15) is 9.59 Å². The van der Waals surface area contributed by atoms with Gasteiger partial charge in [-0.3, -0.25) is 9.59 Å². The van der Waals surface area contributed by atoms with Gasteiger partial charge >= 0.3 is 0 Å². The fourth-order valence-electron chi connectivity index (χ4n) is 0.732. The van der Waals surface area contributed by atoms with Crippen molar-refractivity contribution in [3.05, 3.63) is 0 Å². The minimum atomic E-state index is -0.189. The quantitative estimate of drug-likeness (QED) is 0.419. The molecule has 76 valence electrons. The van der Waals surface area contributed by atoms with E-state index in [1.165, 1.54) is 6.92 Å². The van der Waals surface area contributed by atoms with E-state index >= 15 is 0 Å². The summed E-state index contributed by atoms with van der Waals surface area (Å²) < 4.78 is 0. The van der Waals surface area contributed by atoms with E-state index in [1.54, 1.807) is 0 Å². The SMILES string of the molecule is CC(=O)NCC(=O)NCCCCS. The first-order valence-electron chi connectivity index (χ1n) is 4.29. The Morgan fingerprint density at radius 1 is 1.23 bits per heavy atom. The number of unbranched alkanes of at least 4 members (excludes halogenated alkanes) is 1. The molecule has 13 heavy (non-hydrogen) atoms. The maximum absolute atomic E-state index is 11.0. The van der Waals surface area contributed by atoms with Crippen LogP contribution < -0.4 is 10.6 Å². The normalized spacial score (nSPS) is 9.38. The molecule has 0 aliphatic rings. The summed E-state index contributed by atoms with van der Waals surface area (Å²) in [6.07, 6.45) is 1.92. The summed E-state index contributed by atoms with van der Waals surface area (Å²) >= 11 is 4.04. The third-order valence-electron chi connectivity index (χ3n) is 1.40. The van der Waals surface area contributed by atoms with E-state index in [-0.39, 0.29) is 18.4 Å². The van der Waals surface area contributed by atoms with Crippen molar-refractivity contribution in [3.8, 4) is 0 Å². The third kappa shape index (κ3) is 9.20. The molecule has 0 spiro atoms. The van der Waals surface area contributed by atoms with Gasteiger partial charge in [-0.15, -0.1) is 0 Å². The smallest absolute Gasteiger partial charge is 0.239 e. The number of rotatable bonds is 6. The highest BCUT2D eigenvalue weighted by atomic mass is 32.1. The van der Waals surface area contributed by atoms with Crippen LogP contribution in [-0.2, 0) is 9.59 Å². The second-order valence-corrected chi connectivity index (χ2v) is 3.14. The van der Waals surface area contributed by atoms with Gasteiger partial charge < -0.3 is 10.6 Å². The van der Waals surface area contributed by atoms with Crippen LogP contribution in [-0.4, -0.2) is 30.7 Å². The van der Waals surface area contributed by atoms with Crippen molar-refractivity contribution in [2.45, 2.75) is 19.8 Å². The summed E-state index contributed by atoms with van der Waals surface area (Å²) in [5.74, 6) is 0.501. The maximum Gasteiger partial charge on any atom is 0.239 e. The van der Waals surface area contributed by atoms with Crippen molar-refractivity contribution >= 4 is 24.4 Å². The molecule has 0 aliphatic heterocycles. The second kappa shape index (κ2) is 7.91. The van der Waals surface area contributed by atoms with Crippen molar-refractivity contribution in [1.82, 2.24) is 10.6 Å². The Morgan fingerprint density at radius 3 is 2.46 bits per heavy atom. The Labute approximate surface area is 83.9 Å². The molecule has 0 unspecified atom stereocenters. The average molecular weight is 204 g/mol. The molecule has 2 amide bonds. The summed E-state index contributed by atoms with van der Waals surface area (Å²) in [6, 6.07) is 0.